The van der Waals surface area contributed by atoms with Gasteiger partial charge >= 0.3 is 24.3 Å². The summed E-state index contributed by atoms with van der Waals surface area (Å²) in [5.41, 5.74) is -5.32. The SMILES string of the molecule is O=C(C=Cc1ccc(OCCC2CO2)cc1F)Oc1ccc(OC(=O)C=Cc2ccc(OCCC3CO3)cc2F)c(C(F)(F)F)c1C(F)(F)F. The Morgan fingerprint density at radius 3 is 1.36 bits per heavy atom. The fraction of sp³-hybridized carbons (Fsp3) is 0.294. The predicted molar refractivity (Wildman–Crippen MR) is 158 cm³/mol. The molecule has 2 fully saturated rings. The van der Waals surface area contributed by atoms with Crippen molar-refractivity contribution in [1.29, 1.82) is 0 Å². The zero-order chi connectivity index (χ0) is 36.1. The van der Waals surface area contributed by atoms with Crippen molar-refractivity contribution in [2.75, 3.05) is 26.4 Å². The van der Waals surface area contributed by atoms with Crippen LogP contribution in [0.2, 0.25) is 0 Å². The van der Waals surface area contributed by atoms with E-state index in [2.05, 4.69) is 9.47 Å². The fourth-order valence-corrected chi connectivity index (χ4v) is 4.45. The molecule has 0 aliphatic carbocycles. The molecule has 0 spiro atoms. The summed E-state index contributed by atoms with van der Waals surface area (Å²) in [6.45, 7) is 1.74. The second kappa shape index (κ2) is 15.3. The number of halogens is 8. The molecular weight excluding hydrogens is 688 g/mol. The highest BCUT2D eigenvalue weighted by molar-refractivity contribution is 5.90. The lowest BCUT2D eigenvalue weighted by molar-refractivity contribution is -0.164. The van der Waals surface area contributed by atoms with E-state index >= 15 is 0 Å². The quantitative estimate of drug-likeness (QED) is 0.0555. The van der Waals surface area contributed by atoms with E-state index in [4.69, 9.17) is 18.9 Å². The van der Waals surface area contributed by atoms with Gasteiger partial charge in [-0.3, -0.25) is 0 Å². The number of epoxide rings is 2. The minimum absolute atomic E-state index is 0.0898. The van der Waals surface area contributed by atoms with Crippen LogP contribution in [-0.4, -0.2) is 50.6 Å². The second-order valence-electron chi connectivity index (χ2n) is 10.9. The third-order valence-electron chi connectivity index (χ3n) is 7.08. The summed E-state index contributed by atoms with van der Waals surface area (Å²) in [6.07, 6.45) is -7.47. The van der Waals surface area contributed by atoms with Gasteiger partial charge < -0.3 is 28.4 Å². The fourth-order valence-electron chi connectivity index (χ4n) is 4.45. The molecule has 2 unspecified atom stereocenters. The van der Waals surface area contributed by atoms with Crippen LogP contribution in [0, 0.1) is 11.6 Å². The summed E-state index contributed by atoms with van der Waals surface area (Å²) in [6, 6.07) is 7.84. The van der Waals surface area contributed by atoms with Crippen LogP contribution in [0.4, 0.5) is 35.1 Å². The molecule has 3 aromatic carbocycles. The van der Waals surface area contributed by atoms with Crippen LogP contribution in [0.25, 0.3) is 12.2 Å². The van der Waals surface area contributed by atoms with Gasteiger partial charge in [0.2, 0.25) is 0 Å². The van der Waals surface area contributed by atoms with Crippen molar-refractivity contribution < 1.29 is 73.1 Å². The summed E-state index contributed by atoms with van der Waals surface area (Å²) in [4.78, 5) is 24.7. The first-order valence-corrected chi connectivity index (χ1v) is 14.9. The molecule has 0 amide bonds. The topological polar surface area (TPSA) is 96.1 Å². The van der Waals surface area contributed by atoms with Gasteiger partial charge in [-0.1, -0.05) is 0 Å². The number of alkyl halides is 6. The van der Waals surface area contributed by atoms with Gasteiger partial charge in [-0.05, 0) is 48.6 Å². The highest BCUT2D eigenvalue weighted by Gasteiger charge is 2.48. The number of esters is 2. The smallest absolute Gasteiger partial charge is 0.420 e. The van der Waals surface area contributed by atoms with Crippen LogP contribution >= 0.6 is 0 Å². The standard InChI is InChI=1S/C34H26F8O8/c35-25-15-21(45-13-11-23-17-47-23)5-1-19(25)3-9-29(43)49-27-7-8-28(32(34(40,41)42)31(27)33(37,38)39)50-30(44)10-4-20-2-6-22(16-26(20)36)46-14-12-24-18-48-24/h1-10,15-16,23-24H,11-14,17-18H2. The number of hydrogen-bond donors (Lipinski definition) is 0. The van der Waals surface area contributed by atoms with Gasteiger partial charge in [0, 0.05) is 48.3 Å². The number of hydrogen-bond acceptors (Lipinski definition) is 8. The van der Waals surface area contributed by atoms with Crippen LogP contribution < -0.4 is 18.9 Å². The molecule has 0 saturated carbocycles. The molecule has 16 heteroatoms. The van der Waals surface area contributed by atoms with Gasteiger partial charge in [-0.15, -0.1) is 0 Å². The minimum atomic E-state index is -5.77. The summed E-state index contributed by atoms with van der Waals surface area (Å²) in [7, 11) is 0. The molecule has 0 aromatic heterocycles. The number of ether oxygens (including phenoxy) is 6. The Kier molecular flexibility index (Phi) is 11.1. The largest absolute Gasteiger partial charge is 0.493 e. The van der Waals surface area contributed by atoms with Crippen molar-refractivity contribution in [2.45, 2.75) is 37.4 Å². The maximum atomic E-state index is 14.5. The number of benzene rings is 3. The monoisotopic (exact) mass is 714 g/mol. The van der Waals surface area contributed by atoms with E-state index in [9.17, 15) is 44.7 Å². The van der Waals surface area contributed by atoms with E-state index < -0.39 is 58.6 Å². The summed E-state index contributed by atoms with van der Waals surface area (Å²) >= 11 is 0. The molecule has 5 rings (SSSR count). The van der Waals surface area contributed by atoms with Gasteiger partial charge in [0.1, 0.15) is 45.8 Å². The molecule has 0 bridgehead atoms. The van der Waals surface area contributed by atoms with Crippen LogP contribution in [0.15, 0.2) is 60.7 Å². The first kappa shape index (κ1) is 36.3. The van der Waals surface area contributed by atoms with Crippen molar-refractivity contribution in [2.24, 2.45) is 0 Å². The van der Waals surface area contributed by atoms with Crippen LogP contribution in [-0.2, 0) is 31.4 Å². The summed E-state index contributed by atoms with van der Waals surface area (Å²) in [5, 5.41) is 0. The molecule has 2 saturated heterocycles. The lowest BCUT2D eigenvalue weighted by Crippen LogP contribution is -2.21. The van der Waals surface area contributed by atoms with Crippen LogP contribution in [0.5, 0.6) is 23.0 Å². The Morgan fingerprint density at radius 2 is 1.04 bits per heavy atom. The second-order valence-corrected chi connectivity index (χ2v) is 10.9. The van der Waals surface area contributed by atoms with Gasteiger partial charge in [0.05, 0.1) is 38.6 Å². The zero-order valence-electron chi connectivity index (χ0n) is 25.6. The van der Waals surface area contributed by atoms with E-state index in [1.54, 1.807) is 0 Å². The van der Waals surface area contributed by atoms with Crippen molar-refractivity contribution in [3.8, 4) is 23.0 Å². The summed E-state index contributed by atoms with van der Waals surface area (Å²) in [5.74, 6) is -7.68. The highest BCUT2D eigenvalue weighted by Crippen LogP contribution is 2.49. The molecule has 266 valence electrons. The Balaban J connectivity index is 1.28. The Bertz CT molecular complexity index is 1650. The predicted octanol–water partition coefficient (Wildman–Crippen LogP) is 7.58. The maximum absolute atomic E-state index is 14.5. The van der Waals surface area contributed by atoms with Gasteiger partial charge in [0.15, 0.2) is 0 Å². The van der Waals surface area contributed by atoms with E-state index in [0.29, 0.717) is 50.3 Å². The van der Waals surface area contributed by atoms with Crippen molar-refractivity contribution in [3.05, 3.63) is 94.6 Å². The molecule has 3 aromatic rings. The number of rotatable bonds is 14. The molecule has 0 N–H and O–H groups in total. The molecule has 8 nitrogen and oxygen atoms in total. The van der Waals surface area contributed by atoms with E-state index in [-0.39, 0.29) is 48.0 Å². The Hall–Kier alpha value is -4.96. The number of carbonyl (C=O) groups excluding carboxylic acids is 2. The minimum Gasteiger partial charge on any atom is -0.493 e. The van der Waals surface area contributed by atoms with Crippen molar-refractivity contribution in [3.63, 3.8) is 0 Å². The molecule has 50 heavy (non-hydrogen) atoms. The molecular formula is C34H26F8O8. The highest BCUT2D eigenvalue weighted by atomic mass is 19.4. The third kappa shape index (κ3) is 10.3. The van der Waals surface area contributed by atoms with Crippen LogP contribution in [0.1, 0.15) is 35.1 Å². The van der Waals surface area contributed by atoms with Crippen LogP contribution in [0.3, 0.4) is 0 Å². The van der Waals surface area contributed by atoms with Crippen molar-refractivity contribution in [1.82, 2.24) is 0 Å². The average Bonchev–Trinajstić information content (AvgIpc) is 3.97. The normalized spacial score (nSPS) is 17.2. The first-order chi connectivity index (χ1) is 23.7. The first-order valence-electron chi connectivity index (χ1n) is 14.9. The Morgan fingerprint density at radius 1 is 0.660 bits per heavy atom. The average molecular weight is 715 g/mol. The molecule has 0 radical (unpaired) electrons. The van der Waals surface area contributed by atoms with E-state index in [1.807, 2.05) is 0 Å². The van der Waals surface area contributed by atoms with E-state index in [0.717, 1.165) is 24.3 Å². The van der Waals surface area contributed by atoms with E-state index in [1.165, 1.54) is 24.3 Å². The maximum Gasteiger partial charge on any atom is 0.420 e. The number of carbonyl (C=O) groups is 2. The third-order valence-corrected chi connectivity index (χ3v) is 7.08. The lowest BCUT2D eigenvalue weighted by Gasteiger charge is -2.21. The van der Waals surface area contributed by atoms with Gasteiger partial charge in [0.25, 0.3) is 0 Å². The van der Waals surface area contributed by atoms with Crippen molar-refractivity contribution >= 4 is 24.1 Å². The van der Waals surface area contributed by atoms with Gasteiger partial charge in [-0.25, -0.2) is 18.4 Å². The lowest BCUT2D eigenvalue weighted by atomic mass is 10.0. The zero-order valence-corrected chi connectivity index (χ0v) is 25.6. The molecule has 2 aliphatic rings. The molecule has 2 aliphatic heterocycles. The summed E-state index contributed by atoms with van der Waals surface area (Å²) < 4.78 is 143. The molecule has 2 heterocycles. The Labute approximate surface area is 278 Å². The molecule has 2 atom stereocenters. The van der Waals surface area contributed by atoms with Gasteiger partial charge in [-0.2, -0.15) is 26.3 Å².